The van der Waals surface area contributed by atoms with Gasteiger partial charge in [-0.2, -0.15) is 0 Å². The Labute approximate surface area is 120 Å². The van der Waals surface area contributed by atoms with Crippen molar-refractivity contribution in [2.24, 2.45) is 0 Å². The van der Waals surface area contributed by atoms with E-state index in [1.54, 1.807) is 0 Å². The summed E-state index contributed by atoms with van der Waals surface area (Å²) in [7, 11) is 0. The molecule has 1 atom stereocenters. The lowest BCUT2D eigenvalue weighted by Gasteiger charge is -2.23. The second kappa shape index (κ2) is 5.75. The number of para-hydroxylation sites is 2. The van der Waals surface area contributed by atoms with Crippen LogP contribution in [0.25, 0.3) is 11.0 Å². The third-order valence-electron chi connectivity index (χ3n) is 4.16. The Hall–Kier alpha value is -1.68. The highest BCUT2D eigenvalue weighted by Crippen LogP contribution is 2.19. The number of nitrogens with zero attached hydrogens (tertiary/aromatic N) is 3. The number of benzene rings is 1. The predicted octanol–water partition coefficient (Wildman–Crippen LogP) is 2.83. The summed E-state index contributed by atoms with van der Waals surface area (Å²) in [6.45, 7) is 7.58. The van der Waals surface area contributed by atoms with E-state index in [4.69, 9.17) is 4.98 Å². The van der Waals surface area contributed by atoms with Gasteiger partial charge in [0.2, 0.25) is 0 Å². The van der Waals surface area contributed by atoms with Gasteiger partial charge in [0.05, 0.1) is 16.7 Å². The number of hydrogen-bond donors (Lipinski definition) is 1. The van der Waals surface area contributed by atoms with Crippen molar-refractivity contribution < 1.29 is 0 Å². The van der Waals surface area contributed by atoms with Gasteiger partial charge in [-0.05, 0) is 45.0 Å². The Morgan fingerprint density at radius 2 is 2.00 bits per heavy atom. The lowest BCUT2D eigenvalue weighted by atomic mass is 10.2. The van der Waals surface area contributed by atoms with E-state index < -0.39 is 0 Å². The van der Waals surface area contributed by atoms with Crippen molar-refractivity contribution in [3.8, 4) is 0 Å². The van der Waals surface area contributed by atoms with Gasteiger partial charge in [0.1, 0.15) is 5.82 Å². The summed E-state index contributed by atoms with van der Waals surface area (Å²) in [6, 6.07) is 8.66. The summed E-state index contributed by atoms with van der Waals surface area (Å²) in [5.74, 6) is 0.923. The highest BCUT2D eigenvalue weighted by molar-refractivity contribution is 5.76. The number of likely N-dealkylation sites (tertiary alicyclic amines) is 1. The monoisotopic (exact) mass is 270 g/mol. The van der Waals surface area contributed by atoms with Crippen molar-refractivity contribution in [2.75, 3.05) is 25.0 Å². The molecule has 0 spiro atoms. The maximum absolute atomic E-state index is 4.69. The molecule has 1 fully saturated rings. The summed E-state index contributed by atoms with van der Waals surface area (Å²) in [5.41, 5.74) is 2.90. The Bertz CT molecular complexity index is 596. The average molecular weight is 270 g/mol. The van der Waals surface area contributed by atoms with Crippen LogP contribution in [-0.4, -0.2) is 40.5 Å². The maximum Gasteiger partial charge on any atom is 0.148 e. The fourth-order valence-corrected chi connectivity index (χ4v) is 3.01. The number of rotatable bonds is 4. The Morgan fingerprint density at radius 1 is 1.25 bits per heavy atom. The molecule has 0 bridgehead atoms. The molecule has 1 unspecified atom stereocenters. The molecule has 1 saturated heterocycles. The van der Waals surface area contributed by atoms with Gasteiger partial charge in [-0.15, -0.1) is 0 Å². The number of nitrogens with one attached hydrogen (secondary N) is 1. The molecule has 4 nitrogen and oxygen atoms in total. The summed E-state index contributed by atoms with van der Waals surface area (Å²) in [6.07, 6.45) is 2.59. The summed E-state index contributed by atoms with van der Waals surface area (Å²) in [5, 5.41) is 3.50. The molecule has 1 N–H and O–H groups in total. The van der Waals surface area contributed by atoms with E-state index in [0.717, 1.165) is 35.6 Å². The van der Waals surface area contributed by atoms with Crippen molar-refractivity contribution in [3.05, 3.63) is 30.0 Å². The van der Waals surface area contributed by atoms with Gasteiger partial charge in [0.15, 0.2) is 0 Å². The normalized spacial score (nSPS) is 19.6. The van der Waals surface area contributed by atoms with E-state index in [1.165, 1.54) is 19.4 Å². The number of hydrogen-bond acceptors (Lipinski definition) is 4. The van der Waals surface area contributed by atoms with Crippen LogP contribution in [0.15, 0.2) is 24.3 Å². The summed E-state index contributed by atoms with van der Waals surface area (Å²) in [4.78, 5) is 11.9. The fourth-order valence-electron chi connectivity index (χ4n) is 3.01. The molecule has 20 heavy (non-hydrogen) atoms. The second-order valence-corrected chi connectivity index (χ2v) is 5.45. The number of aromatic nitrogens is 2. The van der Waals surface area contributed by atoms with Gasteiger partial charge < -0.3 is 5.32 Å². The van der Waals surface area contributed by atoms with Crippen LogP contribution in [0.2, 0.25) is 0 Å². The zero-order chi connectivity index (χ0) is 13.9. The van der Waals surface area contributed by atoms with Crippen molar-refractivity contribution in [1.82, 2.24) is 14.9 Å². The molecule has 0 aliphatic carbocycles. The van der Waals surface area contributed by atoms with E-state index in [1.807, 2.05) is 31.2 Å². The first-order chi connectivity index (χ1) is 9.78. The highest BCUT2D eigenvalue weighted by Gasteiger charge is 2.22. The van der Waals surface area contributed by atoms with Crippen molar-refractivity contribution >= 4 is 16.9 Å². The second-order valence-electron chi connectivity index (χ2n) is 5.45. The van der Waals surface area contributed by atoms with E-state index in [-0.39, 0.29) is 0 Å². The molecule has 4 heteroatoms. The molecule has 2 heterocycles. The van der Waals surface area contributed by atoms with Gasteiger partial charge >= 0.3 is 0 Å². The molecule has 0 radical (unpaired) electrons. The van der Waals surface area contributed by atoms with Crippen LogP contribution >= 0.6 is 0 Å². The summed E-state index contributed by atoms with van der Waals surface area (Å²) >= 11 is 0. The molecule has 3 rings (SSSR count). The lowest BCUT2D eigenvalue weighted by Crippen LogP contribution is -2.34. The van der Waals surface area contributed by atoms with Crippen LogP contribution in [0.3, 0.4) is 0 Å². The lowest BCUT2D eigenvalue weighted by molar-refractivity contribution is 0.277. The third kappa shape index (κ3) is 2.61. The van der Waals surface area contributed by atoms with Gasteiger partial charge in [-0.1, -0.05) is 19.1 Å². The van der Waals surface area contributed by atoms with Crippen molar-refractivity contribution in [3.63, 3.8) is 0 Å². The molecule has 2 aromatic rings. The largest absolute Gasteiger partial charge is 0.367 e. The Morgan fingerprint density at radius 3 is 2.75 bits per heavy atom. The van der Waals surface area contributed by atoms with Crippen molar-refractivity contribution in [1.29, 1.82) is 0 Å². The minimum Gasteiger partial charge on any atom is -0.367 e. The van der Waals surface area contributed by atoms with Gasteiger partial charge in [-0.3, -0.25) is 4.90 Å². The maximum atomic E-state index is 4.69. The molecule has 1 aliphatic rings. The smallest absolute Gasteiger partial charge is 0.148 e. The number of anilines is 1. The molecular formula is C16H22N4. The topological polar surface area (TPSA) is 41.0 Å². The third-order valence-corrected chi connectivity index (χ3v) is 4.16. The predicted molar refractivity (Wildman–Crippen MR) is 83.0 cm³/mol. The van der Waals surface area contributed by atoms with Crippen LogP contribution in [0.1, 0.15) is 25.5 Å². The standard InChI is InChI=1S/C16H22N4/c1-3-20-10-6-7-13(20)11-17-16-12(2)18-14-8-4-5-9-15(14)19-16/h4-5,8-9,13H,3,6-7,10-11H2,1-2H3,(H,17,19). The minimum absolute atomic E-state index is 0.632. The van der Waals surface area contributed by atoms with Gasteiger partial charge in [-0.25, -0.2) is 9.97 Å². The zero-order valence-corrected chi connectivity index (χ0v) is 12.3. The van der Waals surface area contributed by atoms with E-state index in [2.05, 4.69) is 22.1 Å². The van der Waals surface area contributed by atoms with Crippen LogP contribution in [0.4, 0.5) is 5.82 Å². The molecule has 0 saturated carbocycles. The van der Waals surface area contributed by atoms with Crippen molar-refractivity contribution in [2.45, 2.75) is 32.7 Å². The van der Waals surface area contributed by atoms with E-state index >= 15 is 0 Å². The highest BCUT2D eigenvalue weighted by atomic mass is 15.2. The average Bonchev–Trinajstić information content (AvgIpc) is 2.92. The first-order valence-corrected chi connectivity index (χ1v) is 7.49. The van der Waals surface area contributed by atoms with Crippen LogP contribution in [-0.2, 0) is 0 Å². The first-order valence-electron chi connectivity index (χ1n) is 7.49. The van der Waals surface area contributed by atoms with E-state index in [0.29, 0.717) is 6.04 Å². The number of aryl methyl sites for hydroxylation is 1. The quantitative estimate of drug-likeness (QED) is 0.927. The van der Waals surface area contributed by atoms with E-state index in [9.17, 15) is 0 Å². The first kappa shape index (κ1) is 13.3. The molecule has 106 valence electrons. The number of likely N-dealkylation sites (N-methyl/N-ethyl adjacent to an activating group) is 1. The van der Waals surface area contributed by atoms with Crippen LogP contribution < -0.4 is 5.32 Å². The van der Waals surface area contributed by atoms with Crippen LogP contribution in [0, 0.1) is 6.92 Å². The Balaban J connectivity index is 1.75. The molecule has 1 aliphatic heterocycles. The molecule has 1 aromatic heterocycles. The number of fused-ring (bicyclic) bond motifs is 1. The Kier molecular flexibility index (Phi) is 3.83. The zero-order valence-electron chi connectivity index (χ0n) is 12.3. The molecule has 0 amide bonds. The van der Waals surface area contributed by atoms with Gasteiger partial charge in [0.25, 0.3) is 0 Å². The van der Waals surface area contributed by atoms with Gasteiger partial charge in [0, 0.05) is 12.6 Å². The van der Waals surface area contributed by atoms with Crippen LogP contribution in [0.5, 0.6) is 0 Å². The minimum atomic E-state index is 0.632. The molecular weight excluding hydrogens is 248 g/mol. The SMILES string of the molecule is CCN1CCCC1CNc1nc2ccccc2nc1C. The fraction of sp³-hybridized carbons (Fsp3) is 0.500. The molecule has 1 aromatic carbocycles. The summed E-state index contributed by atoms with van der Waals surface area (Å²) < 4.78 is 0.